The fraction of sp³-hybridized carbons (Fsp3) is 0.667. The molecule has 1 unspecified atom stereocenters. The third-order valence-corrected chi connectivity index (χ3v) is 2.93. The number of unbranched alkanes of at least 4 members (excludes halogenated alkanes) is 2. The van der Waals surface area contributed by atoms with E-state index in [9.17, 15) is 9.59 Å². The summed E-state index contributed by atoms with van der Waals surface area (Å²) in [5, 5.41) is 9.06. The zero-order chi connectivity index (χ0) is 7.82. The number of carboxylic acid groups (broad SMARTS) is 1. The summed E-state index contributed by atoms with van der Waals surface area (Å²) in [6.07, 6.45) is 3.19. The normalized spacial score (nSPS) is 6.93. The van der Waals surface area contributed by atoms with Gasteiger partial charge in [0, 0.05) is 0 Å². The van der Waals surface area contributed by atoms with Crippen molar-refractivity contribution in [3.05, 3.63) is 0 Å². The van der Waals surface area contributed by atoms with Gasteiger partial charge in [-0.05, 0) is 0 Å². The molecule has 0 aliphatic carbocycles. The van der Waals surface area contributed by atoms with Crippen LogP contribution in [0, 0.1) is 0 Å². The molecule has 0 spiro atoms. The zero-order valence-electron chi connectivity index (χ0n) is 8.17. The van der Waals surface area contributed by atoms with E-state index < -0.39 is 20.5 Å². The summed E-state index contributed by atoms with van der Waals surface area (Å²) in [7, 11) is 0. The Kier molecular flexibility index (Phi) is 71.2. The van der Waals surface area contributed by atoms with Gasteiger partial charge < -0.3 is 27.4 Å². The predicted molar refractivity (Wildman–Crippen MR) is 58.0 cm³/mol. The van der Waals surface area contributed by atoms with E-state index >= 15 is 0 Å². The number of hydrogen-bond acceptors (Lipinski definition) is 2. The molecule has 9 heteroatoms. The topological polar surface area (TPSA) is 212 Å². The summed E-state index contributed by atoms with van der Waals surface area (Å²) in [5.41, 5.74) is 0. The number of hydrogen-bond donors (Lipinski definition) is 1. The molecule has 0 aliphatic rings. The second-order valence-electron chi connectivity index (χ2n) is 1.89. The first kappa shape index (κ1) is 36.6. The second kappa shape index (κ2) is 29.2. The van der Waals surface area contributed by atoms with E-state index in [1.165, 1.54) is 0 Å². The number of aldehydes is 1. The SMILES string of the molecule is O.O.O.O.O.O=CCCCC[AsH]C(=O)O. The van der Waals surface area contributed by atoms with Crippen LogP contribution in [0.1, 0.15) is 19.3 Å². The fourth-order valence-electron chi connectivity index (χ4n) is 0.548. The average molecular weight is 296 g/mol. The molecular formula is C6H21AsO8. The third-order valence-electron chi connectivity index (χ3n) is 1.02. The maximum absolute atomic E-state index is 10.0. The Hall–Kier alpha value is -0.502. The summed E-state index contributed by atoms with van der Waals surface area (Å²) in [4.78, 5) is 19.8. The van der Waals surface area contributed by atoms with E-state index in [2.05, 4.69) is 0 Å². The van der Waals surface area contributed by atoms with Gasteiger partial charge in [-0.2, -0.15) is 0 Å². The molecule has 0 saturated carbocycles. The van der Waals surface area contributed by atoms with Crippen molar-refractivity contribution in [3.8, 4) is 0 Å². The molecular weight excluding hydrogens is 275 g/mol. The monoisotopic (exact) mass is 296 g/mol. The van der Waals surface area contributed by atoms with E-state index in [-0.39, 0.29) is 27.4 Å². The Bertz CT molecular complexity index is 120. The van der Waals surface area contributed by atoms with Crippen LogP contribution in [0.2, 0.25) is 5.21 Å². The Morgan fingerprint density at radius 2 is 1.53 bits per heavy atom. The van der Waals surface area contributed by atoms with Crippen LogP contribution in [0.15, 0.2) is 0 Å². The van der Waals surface area contributed by atoms with E-state index in [1.54, 1.807) is 0 Å². The molecule has 0 rings (SSSR count). The predicted octanol–water partition coefficient (Wildman–Crippen LogP) is -3.24. The van der Waals surface area contributed by atoms with Crippen LogP contribution < -0.4 is 0 Å². The van der Waals surface area contributed by atoms with Gasteiger partial charge in [0.15, 0.2) is 0 Å². The molecule has 0 saturated heterocycles. The number of rotatable bonds is 6. The van der Waals surface area contributed by atoms with Gasteiger partial charge in [0.25, 0.3) is 0 Å². The summed E-state index contributed by atoms with van der Waals surface area (Å²) in [6.45, 7) is 0. The molecule has 0 aromatic carbocycles. The molecule has 11 N–H and O–H groups in total. The number of carbonyl (C=O) groups excluding carboxylic acids is 1. The van der Waals surface area contributed by atoms with Gasteiger partial charge in [-0.25, -0.2) is 0 Å². The van der Waals surface area contributed by atoms with Crippen molar-refractivity contribution in [3.63, 3.8) is 0 Å². The van der Waals surface area contributed by atoms with Crippen molar-refractivity contribution in [2.45, 2.75) is 24.5 Å². The van der Waals surface area contributed by atoms with Crippen molar-refractivity contribution in [1.29, 1.82) is 0 Å². The Balaban J connectivity index is -0.0000000405. The summed E-state index contributed by atoms with van der Waals surface area (Å²) >= 11 is -0.771. The zero-order valence-corrected chi connectivity index (χ0v) is 10.3. The molecule has 0 fully saturated rings. The van der Waals surface area contributed by atoms with Gasteiger partial charge in [-0.3, -0.25) is 0 Å². The molecule has 0 radical (unpaired) electrons. The van der Waals surface area contributed by atoms with Gasteiger partial charge in [0.05, 0.1) is 0 Å². The molecule has 15 heavy (non-hydrogen) atoms. The number of carbonyl (C=O) groups is 2. The van der Waals surface area contributed by atoms with Crippen LogP contribution in [0.3, 0.4) is 0 Å². The van der Waals surface area contributed by atoms with Gasteiger partial charge in [-0.1, -0.05) is 0 Å². The first-order valence-corrected chi connectivity index (χ1v) is 5.71. The molecule has 0 bridgehead atoms. The van der Waals surface area contributed by atoms with Crippen LogP contribution >= 0.6 is 0 Å². The van der Waals surface area contributed by atoms with Crippen molar-refractivity contribution in [2.75, 3.05) is 0 Å². The molecule has 1 atom stereocenters. The fourth-order valence-corrected chi connectivity index (χ4v) is 1.89. The standard InChI is InChI=1S/C6H11AsO3.5H2O/c8-5-3-1-2-4-7-6(9)10;;;;;/h5,7H,1-4H2,(H,9,10);5*1H2. The first-order valence-electron chi connectivity index (χ1n) is 3.18. The Labute approximate surface area is 93.9 Å². The minimum absolute atomic E-state index is 0. The third kappa shape index (κ3) is 42.3. The van der Waals surface area contributed by atoms with E-state index in [1.807, 2.05) is 0 Å². The maximum atomic E-state index is 10.0. The average Bonchev–Trinajstić information content (AvgIpc) is 1.87. The van der Waals surface area contributed by atoms with E-state index in [0.29, 0.717) is 6.42 Å². The van der Waals surface area contributed by atoms with Crippen LogP contribution in [0.5, 0.6) is 0 Å². The molecule has 0 aromatic rings. The van der Waals surface area contributed by atoms with Crippen LogP contribution in [0.4, 0.5) is 4.79 Å². The molecule has 0 aromatic heterocycles. The quantitative estimate of drug-likeness (QED) is 0.304. The van der Waals surface area contributed by atoms with Crippen LogP contribution in [-0.2, 0) is 4.79 Å². The summed E-state index contributed by atoms with van der Waals surface area (Å²) in [5.74, 6) is 0. The van der Waals surface area contributed by atoms with Crippen molar-refractivity contribution in [1.82, 2.24) is 0 Å². The summed E-state index contributed by atoms with van der Waals surface area (Å²) < 4.78 is -0.633. The van der Waals surface area contributed by atoms with Crippen LogP contribution in [0.25, 0.3) is 0 Å². The minimum atomic E-state index is -0.771. The van der Waals surface area contributed by atoms with E-state index in [4.69, 9.17) is 5.11 Å². The Morgan fingerprint density at radius 1 is 1.07 bits per heavy atom. The van der Waals surface area contributed by atoms with Gasteiger partial charge in [-0.15, -0.1) is 0 Å². The molecule has 0 amide bonds. The van der Waals surface area contributed by atoms with Gasteiger partial charge >= 0.3 is 66.0 Å². The molecule has 0 heterocycles. The molecule has 98 valence electrons. The van der Waals surface area contributed by atoms with Crippen molar-refractivity contribution >= 4 is 26.8 Å². The Morgan fingerprint density at radius 3 is 1.87 bits per heavy atom. The first-order chi connectivity index (χ1) is 4.77. The van der Waals surface area contributed by atoms with Crippen molar-refractivity contribution < 1.29 is 42.1 Å². The van der Waals surface area contributed by atoms with Gasteiger partial charge in [0.1, 0.15) is 0 Å². The van der Waals surface area contributed by atoms with Gasteiger partial charge in [0.2, 0.25) is 0 Å². The van der Waals surface area contributed by atoms with E-state index in [0.717, 1.165) is 24.3 Å². The van der Waals surface area contributed by atoms with Crippen molar-refractivity contribution in [2.24, 2.45) is 0 Å². The molecule has 8 nitrogen and oxygen atoms in total. The summed E-state index contributed by atoms with van der Waals surface area (Å²) in [6, 6.07) is 0. The van der Waals surface area contributed by atoms with Crippen LogP contribution in [-0.4, -0.2) is 59.3 Å². The molecule has 0 aliphatic heterocycles. The second-order valence-corrected chi connectivity index (χ2v) is 4.58.